The van der Waals surface area contributed by atoms with E-state index in [4.69, 9.17) is 0 Å². The van der Waals surface area contributed by atoms with Gasteiger partial charge in [-0.1, -0.05) is 18.2 Å². The number of nitrogens with zero attached hydrogens (tertiary/aromatic N) is 1. The van der Waals surface area contributed by atoms with Gasteiger partial charge in [0.05, 0.1) is 10.6 Å². The van der Waals surface area contributed by atoms with Crippen LogP contribution in [0, 0.1) is 0 Å². The van der Waals surface area contributed by atoms with Crippen LogP contribution in [0.3, 0.4) is 0 Å². The molecule has 1 aliphatic heterocycles. The molecule has 5 heteroatoms. The van der Waals surface area contributed by atoms with E-state index in [1.807, 2.05) is 26.2 Å². The van der Waals surface area contributed by atoms with Gasteiger partial charge in [-0.3, -0.25) is 0 Å². The molecule has 0 saturated heterocycles. The van der Waals surface area contributed by atoms with Gasteiger partial charge in [0.15, 0.2) is 9.84 Å². The smallest absolute Gasteiger partial charge is 0.180 e. The summed E-state index contributed by atoms with van der Waals surface area (Å²) in [5, 5.41) is 3.30. The lowest BCUT2D eigenvalue weighted by Gasteiger charge is -2.15. The highest BCUT2D eigenvalue weighted by molar-refractivity contribution is 7.91. The van der Waals surface area contributed by atoms with Crippen molar-refractivity contribution in [1.82, 2.24) is 10.2 Å². The predicted octanol–water partition coefficient (Wildman–Crippen LogP) is 0.666. The van der Waals surface area contributed by atoms with E-state index < -0.39 is 9.84 Å². The number of benzene rings is 1. The number of likely N-dealkylation sites (N-methyl/N-ethyl adjacent to an activating group) is 1. The first-order valence-electron chi connectivity index (χ1n) is 5.70. The molecule has 0 fully saturated rings. The molecule has 0 bridgehead atoms. The minimum absolute atomic E-state index is 0.0591. The van der Waals surface area contributed by atoms with Crippen LogP contribution < -0.4 is 5.32 Å². The highest BCUT2D eigenvalue weighted by Crippen LogP contribution is 2.32. The summed E-state index contributed by atoms with van der Waals surface area (Å²) in [4.78, 5) is 2.56. The molecule has 0 saturated carbocycles. The van der Waals surface area contributed by atoms with Crippen LogP contribution in [0.1, 0.15) is 11.6 Å². The summed E-state index contributed by atoms with van der Waals surface area (Å²) < 4.78 is 23.8. The SMILES string of the molecule is CN(C)CCNC1CS(=O)(=O)c2ccccc21. The third kappa shape index (κ3) is 2.68. The lowest BCUT2D eigenvalue weighted by atomic mass is 10.1. The molecule has 0 spiro atoms. The second-order valence-corrected chi connectivity index (χ2v) is 6.63. The van der Waals surface area contributed by atoms with Crippen molar-refractivity contribution in [3.05, 3.63) is 29.8 Å². The van der Waals surface area contributed by atoms with Crippen LogP contribution in [0.2, 0.25) is 0 Å². The molecule has 1 atom stereocenters. The maximum Gasteiger partial charge on any atom is 0.180 e. The van der Waals surface area contributed by atoms with E-state index in [0.717, 1.165) is 18.7 Å². The fourth-order valence-electron chi connectivity index (χ4n) is 2.08. The molecule has 0 amide bonds. The Balaban J connectivity index is 2.13. The van der Waals surface area contributed by atoms with Crippen molar-refractivity contribution < 1.29 is 8.42 Å². The van der Waals surface area contributed by atoms with Crippen LogP contribution in [0.4, 0.5) is 0 Å². The fourth-order valence-corrected chi connectivity index (χ4v) is 3.85. The summed E-state index contributed by atoms with van der Waals surface area (Å²) in [7, 11) is 0.920. The van der Waals surface area contributed by atoms with E-state index in [0.29, 0.717) is 4.90 Å². The van der Waals surface area contributed by atoms with E-state index >= 15 is 0 Å². The second kappa shape index (κ2) is 4.76. The first-order chi connectivity index (χ1) is 8.00. The van der Waals surface area contributed by atoms with Gasteiger partial charge in [0.25, 0.3) is 0 Å². The van der Waals surface area contributed by atoms with Crippen molar-refractivity contribution >= 4 is 9.84 Å². The van der Waals surface area contributed by atoms with E-state index in [-0.39, 0.29) is 11.8 Å². The quantitative estimate of drug-likeness (QED) is 0.858. The zero-order chi connectivity index (χ0) is 12.5. The average molecular weight is 254 g/mol. The molecule has 1 aromatic rings. The fraction of sp³-hybridized carbons (Fsp3) is 0.500. The van der Waals surface area contributed by atoms with Crippen molar-refractivity contribution in [2.75, 3.05) is 32.9 Å². The number of nitrogens with one attached hydrogen (secondary N) is 1. The lowest BCUT2D eigenvalue weighted by molar-refractivity contribution is 0.390. The Morgan fingerprint density at radius 1 is 1.35 bits per heavy atom. The zero-order valence-corrected chi connectivity index (χ0v) is 11.0. The Morgan fingerprint density at radius 3 is 2.76 bits per heavy atom. The second-order valence-electron chi connectivity index (χ2n) is 4.63. The summed E-state index contributed by atoms with van der Waals surface area (Å²) >= 11 is 0. The Kier molecular flexibility index (Phi) is 3.51. The third-order valence-corrected chi connectivity index (χ3v) is 4.78. The number of hydrogen-bond acceptors (Lipinski definition) is 4. The zero-order valence-electron chi connectivity index (χ0n) is 10.2. The predicted molar refractivity (Wildman–Crippen MR) is 67.8 cm³/mol. The molecule has 2 rings (SSSR count). The molecule has 1 unspecified atom stereocenters. The summed E-state index contributed by atoms with van der Waals surface area (Å²) in [5.74, 6) is 0.180. The Labute approximate surface area is 103 Å². The Hall–Kier alpha value is -0.910. The number of sulfone groups is 1. The minimum Gasteiger partial charge on any atom is -0.308 e. The van der Waals surface area contributed by atoms with Crippen LogP contribution >= 0.6 is 0 Å². The Bertz CT molecular complexity index is 497. The van der Waals surface area contributed by atoms with Gasteiger partial charge >= 0.3 is 0 Å². The van der Waals surface area contributed by atoms with Gasteiger partial charge in [0.2, 0.25) is 0 Å². The van der Waals surface area contributed by atoms with Crippen molar-refractivity contribution in [2.24, 2.45) is 0 Å². The van der Waals surface area contributed by atoms with Gasteiger partial charge in [-0.25, -0.2) is 8.42 Å². The minimum atomic E-state index is -3.08. The monoisotopic (exact) mass is 254 g/mol. The lowest BCUT2D eigenvalue weighted by Crippen LogP contribution is -2.30. The largest absolute Gasteiger partial charge is 0.308 e. The molecule has 17 heavy (non-hydrogen) atoms. The highest BCUT2D eigenvalue weighted by Gasteiger charge is 2.33. The highest BCUT2D eigenvalue weighted by atomic mass is 32.2. The van der Waals surface area contributed by atoms with Crippen molar-refractivity contribution in [1.29, 1.82) is 0 Å². The first-order valence-corrected chi connectivity index (χ1v) is 7.36. The van der Waals surface area contributed by atoms with Crippen molar-refractivity contribution in [3.63, 3.8) is 0 Å². The van der Waals surface area contributed by atoms with E-state index in [9.17, 15) is 8.42 Å². The summed E-state index contributed by atoms with van der Waals surface area (Å²) in [6, 6.07) is 7.20. The van der Waals surface area contributed by atoms with Crippen molar-refractivity contribution in [2.45, 2.75) is 10.9 Å². The molecule has 0 radical (unpaired) electrons. The molecule has 0 aliphatic carbocycles. The molecular weight excluding hydrogens is 236 g/mol. The molecular formula is C12H18N2O2S. The molecule has 4 nitrogen and oxygen atoms in total. The maximum atomic E-state index is 11.9. The molecule has 1 aliphatic rings. The normalized spacial score (nSPS) is 21.7. The summed E-state index contributed by atoms with van der Waals surface area (Å²) in [6.45, 7) is 1.69. The Morgan fingerprint density at radius 2 is 2.06 bits per heavy atom. The van der Waals surface area contributed by atoms with Gasteiger partial charge in [-0.15, -0.1) is 0 Å². The first kappa shape index (κ1) is 12.5. The van der Waals surface area contributed by atoms with E-state index in [1.165, 1.54) is 0 Å². The van der Waals surface area contributed by atoms with E-state index in [2.05, 4.69) is 10.2 Å². The van der Waals surface area contributed by atoms with Gasteiger partial charge in [-0.05, 0) is 25.7 Å². The van der Waals surface area contributed by atoms with Crippen LogP contribution in [0.5, 0.6) is 0 Å². The van der Waals surface area contributed by atoms with Crippen LogP contribution in [0.25, 0.3) is 0 Å². The van der Waals surface area contributed by atoms with Gasteiger partial charge < -0.3 is 10.2 Å². The topological polar surface area (TPSA) is 49.4 Å². The van der Waals surface area contributed by atoms with Crippen LogP contribution in [0.15, 0.2) is 29.2 Å². The molecule has 1 N–H and O–H groups in total. The van der Waals surface area contributed by atoms with Crippen LogP contribution in [-0.2, 0) is 9.84 Å². The summed E-state index contributed by atoms with van der Waals surface area (Å²) in [5.41, 5.74) is 0.909. The number of hydrogen-bond donors (Lipinski definition) is 1. The van der Waals surface area contributed by atoms with Gasteiger partial charge in [0, 0.05) is 19.1 Å². The third-order valence-electron chi connectivity index (χ3n) is 2.97. The average Bonchev–Trinajstić information content (AvgIpc) is 2.51. The maximum absolute atomic E-state index is 11.9. The number of rotatable bonds is 4. The molecule has 1 aromatic carbocycles. The number of fused-ring (bicyclic) bond motifs is 1. The molecule has 94 valence electrons. The standard InChI is InChI=1S/C12H18N2O2S/c1-14(2)8-7-13-11-9-17(15,16)12-6-4-3-5-10(11)12/h3-6,11,13H,7-9H2,1-2H3. The summed E-state index contributed by atoms with van der Waals surface area (Å²) in [6.07, 6.45) is 0. The van der Waals surface area contributed by atoms with Crippen molar-refractivity contribution in [3.8, 4) is 0 Å². The molecule has 0 aromatic heterocycles. The molecule has 1 heterocycles. The van der Waals surface area contributed by atoms with Gasteiger partial charge in [0.1, 0.15) is 0 Å². The van der Waals surface area contributed by atoms with Gasteiger partial charge in [-0.2, -0.15) is 0 Å². The van der Waals surface area contributed by atoms with E-state index in [1.54, 1.807) is 12.1 Å². The van der Waals surface area contributed by atoms with Crippen LogP contribution in [-0.4, -0.2) is 46.3 Å².